The Morgan fingerprint density at radius 1 is 1.33 bits per heavy atom. The first-order chi connectivity index (χ1) is 8.72. The predicted octanol–water partition coefficient (Wildman–Crippen LogP) is 1.26. The number of nitrogens with one attached hydrogen (secondary N) is 1. The van der Waals surface area contributed by atoms with E-state index in [1.54, 1.807) is 0 Å². The van der Waals surface area contributed by atoms with Gasteiger partial charge in [-0.2, -0.15) is 0 Å². The van der Waals surface area contributed by atoms with Crippen LogP contribution in [0, 0.1) is 0 Å². The van der Waals surface area contributed by atoms with E-state index in [0.29, 0.717) is 6.10 Å². The van der Waals surface area contributed by atoms with Crippen LogP contribution in [0.25, 0.3) is 0 Å². The first-order valence-electron chi connectivity index (χ1n) is 7.40. The molecule has 1 N–H and O–H groups in total. The number of ether oxygens (including phenoxy) is 2. The van der Waals surface area contributed by atoms with Crippen molar-refractivity contribution in [2.45, 2.75) is 44.8 Å². The number of nitrogens with zero attached hydrogens (tertiary/aromatic N) is 1. The van der Waals surface area contributed by atoms with E-state index in [1.165, 1.54) is 19.4 Å². The van der Waals surface area contributed by atoms with E-state index < -0.39 is 0 Å². The molecule has 106 valence electrons. The third-order valence-corrected chi connectivity index (χ3v) is 3.88. The monoisotopic (exact) mass is 256 g/mol. The zero-order valence-corrected chi connectivity index (χ0v) is 11.9. The van der Waals surface area contributed by atoms with Crippen LogP contribution in [0.15, 0.2) is 0 Å². The van der Waals surface area contributed by atoms with Gasteiger partial charge in [-0.3, -0.25) is 4.90 Å². The molecule has 2 rings (SSSR count). The lowest BCUT2D eigenvalue weighted by atomic mass is 10.0. The van der Waals surface area contributed by atoms with Gasteiger partial charge in [-0.05, 0) is 32.7 Å². The highest BCUT2D eigenvalue weighted by molar-refractivity contribution is 4.90. The average Bonchev–Trinajstić information content (AvgIpc) is 2.35. The van der Waals surface area contributed by atoms with Crippen LogP contribution in [0.2, 0.25) is 0 Å². The van der Waals surface area contributed by atoms with Crippen molar-refractivity contribution in [3.8, 4) is 0 Å². The number of rotatable bonds is 7. The summed E-state index contributed by atoms with van der Waals surface area (Å²) in [7, 11) is 0. The Morgan fingerprint density at radius 2 is 2.17 bits per heavy atom. The fraction of sp³-hybridized carbons (Fsp3) is 1.00. The van der Waals surface area contributed by atoms with Crippen LogP contribution in [0.1, 0.15) is 33.1 Å². The molecule has 2 fully saturated rings. The molecule has 1 atom stereocenters. The van der Waals surface area contributed by atoms with E-state index >= 15 is 0 Å². The third kappa shape index (κ3) is 4.19. The maximum atomic E-state index is 5.94. The summed E-state index contributed by atoms with van der Waals surface area (Å²) in [4.78, 5) is 2.49. The molecule has 2 saturated heterocycles. The van der Waals surface area contributed by atoms with Crippen molar-refractivity contribution in [2.75, 3.05) is 45.9 Å². The molecule has 0 saturated carbocycles. The topological polar surface area (TPSA) is 33.7 Å². The highest BCUT2D eigenvalue weighted by atomic mass is 16.5. The van der Waals surface area contributed by atoms with Crippen molar-refractivity contribution < 1.29 is 9.47 Å². The first kappa shape index (κ1) is 14.3. The molecule has 0 aromatic heterocycles. The second kappa shape index (κ2) is 6.85. The van der Waals surface area contributed by atoms with Crippen LogP contribution in [-0.2, 0) is 9.47 Å². The largest absolute Gasteiger partial charge is 0.377 e. The van der Waals surface area contributed by atoms with E-state index in [2.05, 4.69) is 24.1 Å². The van der Waals surface area contributed by atoms with Gasteiger partial charge in [-0.25, -0.2) is 0 Å². The molecule has 4 heteroatoms. The molecule has 0 amide bonds. The van der Waals surface area contributed by atoms with Crippen molar-refractivity contribution in [2.24, 2.45) is 0 Å². The van der Waals surface area contributed by atoms with Gasteiger partial charge in [0.15, 0.2) is 0 Å². The Kier molecular flexibility index (Phi) is 5.42. The molecule has 0 aromatic rings. The molecule has 2 aliphatic rings. The molecular weight excluding hydrogens is 228 g/mol. The van der Waals surface area contributed by atoms with Gasteiger partial charge in [0.2, 0.25) is 0 Å². The molecule has 0 bridgehead atoms. The Bertz CT molecular complexity index is 244. The number of piperidine rings is 1. The van der Waals surface area contributed by atoms with Crippen molar-refractivity contribution in [1.29, 1.82) is 0 Å². The molecule has 18 heavy (non-hydrogen) atoms. The fourth-order valence-electron chi connectivity index (χ4n) is 2.64. The number of likely N-dealkylation sites (tertiary alicyclic amines) is 1. The third-order valence-electron chi connectivity index (χ3n) is 3.88. The van der Waals surface area contributed by atoms with Crippen LogP contribution >= 0.6 is 0 Å². The highest BCUT2D eigenvalue weighted by Crippen LogP contribution is 2.16. The van der Waals surface area contributed by atoms with E-state index in [1.807, 2.05) is 0 Å². The zero-order valence-electron chi connectivity index (χ0n) is 11.9. The van der Waals surface area contributed by atoms with Gasteiger partial charge >= 0.3 is 0 Å². The SMILES string of the molecule is CCCOC1CCCN(CCOC2(C)CNC2)C1. The second-order valence-electron chi connectivity index (χ2n) is 5.84. The molecule has 0 radical (unpaired) electrons. The van der Waals surface area contributed by atoms with Gasteiger partial charge < -0.3 is 14.8 Å². The Hall–Kier alpha value is -0.160. The Labute approximate surface area is 111 Å². The van der Waals surface area contributed by atoms with Crippen LogP contribution in [0.4, 0.5) is 0 Å². The summed E-state index contributed by atoms with van der Waals surface area (Å²) in [5.41, 5.74) is 0.0912. The summed E-state index contributed by atoms with van der Waals surface area (Å²) in [6.45, 7) is 11.4. The van der Waals surface area contributed by atoms with E-state index in [4.69, 9.17) is 9.47 Å². The lowest BCUT2D eigenvalue weighted by Gasteiger charge is -2.40. The average molecular weight is 256 g/mol. The molecule has 0 aliphatic carbocycles. The molecular formula is C14H28N2O2. The zero-order chi connectivity index (χ0) is 12.8. The van der Waals surface area contributed by atoms with Gasteiger partial charge in [0.1, 0.15) is 0 Å². The summed E-state index contributed by atoms with van der Waals surface area (Å²) in [5, 5.41) is 3.26. The minimum Gasteiger partial charge on any atom is -0.377 e. The van der Waals surface area contributed by atoms with Crippen molar-refractivity contribution in [3.05, 3.63) is 0 Å². The van der Waals surface area contributed by atoms with Crippen molar-refractivity contribution >= 4 is 0 Å². The highest BCUT2D eigenvalue weighted by Gasteiger charge is 2.32. The fourth-order valence-corrected chi connectivity index (χ4v) is 2.64. The predicted molar refractivity (Wildman–Crippen MR) is 72.9 cm³/mol. The van der Waals surface area contributed by atoms with Crippen LogP contribution < -0.4 is 5.32 Å². The molecule has 2 aliphatic heterocycles. The van der Waals surface area contributed by atoms with Gasteiger partial charge in [-0.15, -0.1) is 0 Å². The molecule has 2 heterocycles. The summed E-state index contributed by atoms with van der Waals surface area (Å²) in [6, 6.07) is 0. The quantitative estimate of drug-likeness (QED) is 0.743. The smallest absolute Gasteiger partial charge is 0.0902 e. The van der Waals surface area contributed by atoms with Crippen LogP contribution in [-0.4, -0.2) is 62.5 Å². The van der Waals surface area contributed by atoms with Crippen LogP contribution in [0.5, 0.6) is 0 Å². The minimum absolute atomic E-state index is 0.0912. The van der Waals surface area contributed by atoms with Crippen LogP contribution in [0.3, 0.4) is 0 Å². The maximum absolute atomic E-state index is 5.94. The first-order valence-corrected chi connectivity index (χ1v) is 7.40. The summed E-state index contributed by atoms with van der Waals surface area (Å²) >= 11 is 0. The lowest BCUT2D eigenvalue weighted by Crippen LogP contribution is -2.59. The Morgan fingerprint density at radius 3 is 2.83 bits per heavy atom. The number of hydrogen-bond acceptors (Lipinski definition) is 4. The van der Waals surface area contributed by atoms with Gasteiger partial charge in [-0.1, -0.05) is 6.92 Å². The summed E-state index contributed by atoms with van der Waals surface area (Å²) in [5.74, 6) is 0. The summed E-state index contributed by atoms with van der Waals surface area (Å²) < 4.78 is 11.8. The molecule has 4 nitrogen and oxygen atoms in total. The second-order valence-corrected chi connectivity index (χ2v) is 5.84. The molecule has 0 aromatic carbocycles. The van der Waals surface area contributed by atoms with Gasteiger partial charge in [0, 0.05) is 32.8 Å². The molecule has 1 unspecified atom stereocenters. The maximum Gasteiger partial charge on any atom is 0.0902 e. The van der Waals surface area contributed by atoms with Gasteiger partial charge in [0.05, 0.1) is 18.3 Å². The lowest BCUT2D eigenvalue weighted by molar-refractivity contribution is -0.0782. The Balaban J connectivity index is 1.60. The number of hydrogen-bond donors (Lipinski definition) is 1. The van der Waals surface area contributed by atoms with Crippen molar-refractivity contribution in [3.63, 3.8) is 0 Å². The normalized spacial score (nSPS) is 28.0. The molecule has 0 spiro atoms. The van der Waals surface area contributed by atoms with Crippen molar-refractivity contribution in [1.82, 2.24) is 10.2 Å². The standard InChI is InChI=1S/C14H28N2O2/c1-3-8-17-13-5-4-6-16(10-13)7-9-18-14(2)11-15-12-14/h13,15H,3-12H2,1-2H3. The van der Waals surface area contributed by atoms with E-state index in [9.17, 15) is 0 Å². The summed E-state index contributed by atoms with van der Waals surface area (Å²) in [6.07, 6.45) is 4.04. The van der Waals surface area contributed by atoms with Gasteiger partial charge in [0.25, 0.3) is 0 Å². The van der Waals surface area contributed by atoms with E-state index in [0.717, 1.165) is 45.8 Å². The van der Waals surface area contributed by atoms with E-state index in [-0.39, 0.29) is 5.60 Å². The minimum atomic E-state index is 0.0912.